The zero-order valence-corrected chi connectivity index (χ0v) is 24.8. The van der Waals surface area contributed by atoms with Gasteiger partial charge >= 0.3 is 0 Å². The van der Waals surface area contributed by atoms with Gasteiger partial charge in [0.1, 0.15) is 57.4 Å². The molecule has 0 aliphatic carbocycles. The van der Waals surface area contributed by atoms with E-state index in [9.17, 15) is 19.2 Å². The van der Waals surface area contributed by atoms with Crippen molar-refractivity contribution < 1.29 is 23.9 Å². The fourth-order valence-electron chi connectivity index (χ4n) is 5.31. The maximum atomic E-state index is 13.1. The van der Waals surface area contributed by atoms with E-state index in [0.29, 0.717) is 33.6 Å². The molecule has 0 atom stereocenters. The molecule has 13 nitrogen and oxygen atoms in total. The number of carbonyl (C=O) groups excluding carboxylic acids is 3. The van der Waals surface area contributed by atoms with Crippen molar-refractivity contribution in [3.05, 3.63) is 168 Å². The second-order valence-corrected chi connectivity index (χ2v) is 10.6. The van der Waals surface area contributed by atoms with Crippen LogP contribution in [0.1, 0.15) is 21.5 Å². The number of rotatable bonds is 7. The van der Waals surface area contributed by atoms with E-state index in [-0.39, 0.29) is 28.7 Å². The van der Waals surface area contributed by atoms with Crippen molar-refractivity contribution in [2.45, 2.75) is 0 Å². The largest absolute Gasteiger partial charge is 0.490 e. The Morgan fingerprint density at radius 1 is 0.918 bits per heavy atom. The Balaban J connectivity index is 0.925. The molecule has 0 unspecified atom stereocenters. The van der Waals surface area contributed by atoms with E-state index < -0.39 is 23.1 Å². The number of fused-ring (bicyclic) bond motifs is 2. The first-order valence-corrected chi connectivity index (χ1v) is 14.0. The van der Waals surface area contributed by atoms with Crippen molar-refractivity contribution in [2.24, 2.45) is 5.41 Å². The van der Waals surface area contributed by atoms with Crippen LogP contribution < -0.4 is 25.2 Å². The van der Waals surface area contributed by atoms with Crippen LogP contribution >= 0.6 is 0 Å². The zero-order chi connectivity index (χ0) is 34.0. The Morgan fingerprint density at radius 3 is 2.35 bits per heavy atom. The van der Waals surface area contributed by atoms with Crippen molar-refractivity contribution in [1.82, 2.24) is 29.3 Å². The van der Waals surface area contributed by atoms with E-state index in [1.54, 1.807) is 36.4 Å². The van der Waals surface area contributed by atoms with E-state index in [2.05, 4.69) is 96.6 Å². The first kappa shape index (κ1) is 31.1. The van der Waals surface area contributed by atoms with Crippen LogP contribution in [-0.4, -0.2) is 41.7 Å². The van der Waals surface area contributed by atoms with Gasteiger partial charge in [0.15, 0.2) is 6.04 Å². The van der Waals surface area contributed by atoms with Crippen LogP contribution in [0.2, 0.25) is 0 Å². The third kappa shape index (κ3) is 5.23. The molecule has 49 heavy (non-hydrogen) atoms. The molecular weight excluding hydrogens is 626 g/mol. The lowest BCUT2D eigenvalue weighted by atomic mass is 9.71. The van der Waals surface area contributed by atoms with Crippen molar-refractivity contribution in [3.8, 4) is 22.8 Å². The average Bonchev–Trinajstić information content (AvgIpc) is 3.71. The summed E-state index contributed by atoms with van der Waals surface area (Å²) < 4.78 is 13.5. The van der Waals surface area contributed by atoms with E-state index in [0.717, 1.165) is 4.90 Å². The minimum atomic E-state index is -1.10. The normalized spacial score (nSPS) is 19.4. The lowest BCUT2D eigenvalue weighted by molar-refractivity contribution is -0.130. The molecule has 2 aromatic heterocycles. The standard InChI is InChI=1S/C36H14N7O6/c1-39-19-29(43-28(35(39)47)8-11-37-43)23-14-30(48-2)26(31(15-23)49-3)18-40-12-9-36(10-13-40)20-41(21-36)24-5-4-22-17-42(34(46)25(22)16-24)27-6-7-32(44)38-33(27)45/h4-5,8,11,14-16,19H,1-3H2. The van der Waals surface area contributed by atoms with Gasteiger partial charge in [0.05, 0.1) is 37.0 Å². The van der Waals surface area contributed by atoms with Gasteiger partial charge in [-0.3, -0.25) is 24.1 Å². The Kier molecular flexibility index (Phi) is 7.47. The number of hydrogen-bond acceptors (Lipinski definition) is 9. The molecular formula is C36H14N7O6. The highest BCUT2D eigenvalue weighted by molar-refractivity contribution is 6.14. The molecule has 25 radical (unpaired) electrons. The van der Waals surface area contributed by atoms with Crippen LogP contribution in [0.4, 0.5) is 5.69 Å². The number of carbonyl (C=O) groups is 3. The van der Waals surface area contributed by atoms with Gasteiger partial charge in [-0.05, 0) is 35.9 Å². The Morgan fingerprint density at radius 2 is 1.65 bits per heavy atom. The summed E-state index contributed by atoms with van der Waals surface area (Å²) in [6, 6.07) is 9.63. The Labute approximate surface area is 283 Å². The number of imide groups is 1. The number of hydrogen-bond donors (Lipinski definition) is 0. The molecule has 0 N–H and O–H groups in total. The molecule has 1 spiro atoms. The van der Waals surface area contributed by atoms with Crippen LogP contribution in [0.5, 0.6) is 11.5 Å². The SMILES string of the molecule is [CH2]Oc1cc(-c2cn([CH2])c(=O)c3ccnn23)cc(O[CH2])c1[C]N1[C][C]C2([C][C]1)[C]N(c1ccc3c(c1)C(=O)N([C]1[C][C]C(=O)[N]C1=O)[C]3)[C]2. The summed E-state index contributed by atoms with van der Waals surface area (Å²) in [7, 11) is 10.9. The van der Waals surface area contributed by atoms with Crippen LogP contribution in [0.25, 0.3) is 16.8 Å². The minimum Gasteiger partial charge on any atom is -0.490 e. The number of piperidine rings is 2. The van der Waals surface area contributed by atoms with E-state index in [4.69, 9.17) is 9.47 Å². The van der Waals surface area contributed by atoms with Crippen LogP contribution in [0.15, 0.2) is 53.6 Å². The molecule has 2 aromatic carbocycles. The summed E-state index contributed by atoms with van der Waals surface area (Å²) >= 11 is 0. The van der Waals surface area contributed by atoms with Gasteiger partial charge in [-0.1, -0.05) is 6.07 Å². The number of likely N-dealkylation sites (tertiary alicyclic amines) is 1. The van der Waals surface area contributed by atoms with Gasteiger partial charge in [-0.25, -0.2) is 4.52 Å². The van der Waals surface area contributed by atoms with Gasteiger partial charge in [-0.2, -0.15) is 10.4 Å². The summed E-state index contributed by atoms with van der Waals surface area (Å²) in [6.45, 7) is 17.9. The quantitative estimate of drug-likeness (QED) is 0.278. The highest BCUT2D eigenvalue weighted by Gasteiger charge is 2.50. The van der Waals surface area contributed by atoms with Gasteiger partial charge in [0.25, 0.3) is 23.3 Å². The van der Waals surface area contributed by atoms with E-state index in [1.807, 2.05) is 0 Å². The molecule has 4 aromatic rings. The summed E-state index contributed by atoms with van der Waals surface area (Å²) in [5.74, 6) is -1.80. The highest BCUT2D eigenvalue weighted by atomic mass is 16.5. The minimum absolute atomic E-state index is 0.247. The van der Waals surface area contributed by atoms with Gasteiger partial charge in [0, 0.05) is 54.7 Å². The predicted octanol–water partition coefficient (Wildman–Crippen LogP) is 1.88. The molecule has 3 fully saturated rings. The number of anilines is 1. The van der Waals surface area contributed by atoms with E-state index >= 15 is 0 Å². The monoisotopic (exact) mass is 640 g/mol. The lowest BCUT2D eigenvalue weighted by Gasteiger charge is -2.50. The number of benzene rings is 2. The number of nitrogens with zero attached hydrogens (tertiary/aromatic N) is 7. The smallest absolute Gasteiger partial charge is 0.278 e. The topological polar surface area (TPSA) is 133 Å². The maximum absolute atomic E-state index is 13.1. The zero-order valence-electron chi connectivity index (χ0n) is 24.8. The molecule has 0 saturated carbocycles. The van der Waals surface area contributed by atoms with Gasteiger partial charge in [0.2, 0.25) is 0 Å². The third-order valence-electron chi connectivity index (χ3n) is 7.64. The fraction of sp³-hybridized carbons (Fsp3) is 0.0278. The molecule has 3 amide bonds. The molecule has 3 saturated heterocycles. The van der Waals surface area contributed by atoms with Crippen molar-refractivity contribution in [1.29, 1.82) is 0 Å². The highest BCUT2D eigenvalue weighted by Crippen LogP contribution is 2.51. The van der Waals surface area contributed by atoms with Crippen molar-refractivity contribution in [3.63, 3.8) is 0 Å². The second kappa shape index (κ2) is 11.8. The Hall–Kier alpha value is -5.17. The van der Waals surface area contributed by atoms with E-state index in [1.165, 1.54) is 31.3 Å². The second-order valence-electron chi connectivity index (χ2n) is 10.6. The van der Waals surface area contributed by atoms with Gasteiger partial charge in [-0.15, -0.1) is 0 Å². The molecule has 4 aliphatic heterocycles. The summed E-state index contributed by atoms with van der Waals surface area (Å²) in [6.07, 6.45) is 13.6. The number of aromatic nitrogens is 3. The predicted molar refractivity (Wildman–Crippen MR) is 163 cm³/mol. The third-order valence-corrected chi connectivity index (χ3v) is 7.64. The molecule has 0 bridgehead atoms. The average molecular weight is 641 g/mol. The maximum Gasteiger partial charge on any atom is 0.278 e. The summed E-state index contributed by atoms with van der Waals surface area (Å²) in [4.78, 5) is 52.8. The van der Waals surface area contributed by atoms with Crippen LogP contribution in [0.3, 0.4) is 0 Å². The molecule has 13 heteroatoms. The first-order valence-electron chi connectivity index (χ1n) is 14.0. The Bertz CT molecular complexity index is 2040. The van der Waals surface area contributed by atoms with Crippen molar-refractivity contribution >= 4 is 28.9 Å². The fourth-order valence-corrected chi connectivity index (χ4v) is 5.31. The van der Waals surface area contributed by atoms with Crippen molar-refractivity contribution in [2.75, 3.05) is 4.90 Å². The lowest BCUT2D eigenvalue weighted by Crippen LogP contribution is -2.51. The first-order chi connectivity index (χ1) is 23.7. The molecule has 6 heterocycles. The summed E-state index contributed by atoms with van der Waals surface area (Å²) in [5.41, 5.74) is 1.60. The molecule has 8 rings (SSSR count). The van der Waals surface area contributed by atoms with Crippen LogP contribution in [0, 0.1) is 97.7 Å². The molecule has 229 valence electrons. The molecule has 4 aliphatic rings. The number of ether oxygens (including phenoxy) is 2. The van der Waals surface area contributed by atoms with Gasteiger partial charge < -0.3 is 23.8 Å². The summed E-state index contributed by atoms with van der Waals surface area (Å²) in [5, 5.41) is 7.54. The van der Waals surface area contributed by atoms with Crippen LogP contribution in [-0.2, 0) is 9.59 Å². The number of amides is 3.